The number of rotatable bonds is 8. The zero-order valence-electron chi connectivity index (χ0n) is 16.1. The van der Waals surface area contributed by atoms with E-state index < -0.39 is 0 Å². The van der Waals surface area contributed by atoms with Gasteiger partial charge in [-0.15, -0.1) is 0 Å². The van der Waals surface area contributed by atoms with Crippen molar-refractivity contribution in [3.63, 3.8) is 0 Å². The summed E-state index contributed by atoms with van der Waals surface area (Å²) in [6, 6.07) is 1.97. The number of nitrogens with zero attached hydrogens (tertiary/aromatic N) is 1. The fraction of sp³-hybridized carbons (Fsp3) is 0.737. The molecule has 1 saturated carbocycles. The summed E-state index contributed by atoms with van der Waals surface area (Å²) in [5, 5.41) is 10.1. The van der Waals surface area contributed by atoms with Gasteiger partial charge in [-0.25, -0.2) is 0 Å². The van der Waals surface area contributed by atoms with Crippen LogP contribution in [0, 0.1) is 11.8 Å². The van der Waals surface area contributed by atoms with Crippen LogP contribution >= 0.6 is 0 Å². The number of nitrogens with two attached hydrogens (primary N) is 1. The van der Waals surface area contributed by atoms with E-state index in [1.165, 1.54) is 0 Å². The number of amides is 2. The molecule has 0 spiro atoms. The number of carbonyl (C=O) groups is 2. The highest BCUT2D eigenvalue weighted by molar-refractivity contribution is 5.92. The molecule has 2 rings (SSSR count). The first-order chi connectivity index (χ1) is 12.5. The minimum absolute atomic E-state index is 0.0694. The van der Waals surface area contributed by atoms with Crippen molar-refractivity contribution < 1.29 is 14.1 Å². The quantitative estimate of drug-likeness (QED) is 0.653. The second-order valence-electron chi connectivity index (χ2n) is 7.40. The average Bonchev–Trinajstić information content (AvgIpc) is 3.12. The van der Waals surface area contributed by atoms with E-state index in [4.69, 9.17) is 10.3 Å². The lowest BCUT2D eigenvalue weighted by molar-refractivity contribution is -0.122. The number of hydrogen-bond donors (Lipinski definition) is 3. The maximum atomic E-state index is 12.4. The second-order valence-corrected chi connectivity index (χ2v) is 7.40. The van der Waals surface area contributed by atoms with E-state index in [0.29, 0.717) is 36.8 Å². The van der Waals surface area contributed by atoms with Crippen LogP contribution in [0.1, 0.15) is 69.1 Å². The third-order valence-electron chi connectivity index (χ3n) is 5.26. The highest BCUT2D eigenvalue weighted by atomic mass is 16.5. The molecule has 7 heteroatoms. The van der Waals surface area contributed by atoms with Gasteiger partial charge in [-0.1, -0.05) is 32.3 Å². The third kappa shape index (κ3) is 5.56. The van der Waals surface area contributed by atoms with Gasteiger partial charge in [0.1, 0.15) is 5.76 Å². The maximum absolute atomic E-state index is 12.4. The van der Waals surface area contributed by atoms with Crippen LogP contribution in [-0.4, -0.2) is 35.6 Å². The second kappa shape index (κ2) is 9.71. The summed E-state index contributed by atoms with van der Waals surface area (Å²) in [4.78, 5) is 24.5. The van der Waals surface area contributed by atoms with Crippen molar-refractivity contribution in [3.05, 3.63) is 17.5 Å². The molecule has 1 heterocycles. The lowest BCUT2D eigenvalue weighted by atomic mass is 9.80. The van der Waals surface area contributed by atoms with Crippen LogP contribution in [0.2, 0.25) is 0 Å². The van der Waals surface area contributed by atoms with Crippen LogP contribution in [0.15, 0.2) is 10.6 Å². The summed E-state index contributed by atoms with van der Waals surface area (Å²) in [6.45, 7) is 6.58. The largest absolute Gasteiger partial charge is 0.361 e. The van der Waals surface area contributed by atoms with Crippen molar-refractivity contribution in [2.24, 2.45) is 17.6 Å². The normalized spacial score (nSPS) is 24.1. The molecule has 26 heavy (non-hydrogen) atoms. The highest BCUT2D eigenvalue weighted by Crippen LogP contribution is 2.28. The molecule has 1 aromatic rings. The van der Waals surface area contributed by atoms with Gasteiger partial charge in [-0.3, -0.25) is 9.59 Å². The molecule has 0 unspecified atom stereocenters. The SMILES string of the molecule is CCc1cc(C(=O)N[C@H]2CC[C@H](NC(=O)C[C@H](C)CN)C[C@H]2CC)no1. The first-order valence-electron chi connectivity index (χ1n) is 9.72. The molecule has 4 atom stereocenters. The summed E-state index contributed by atoms with van der Waals surface area (Å²) in [7, 11) is 0. The first kappa shape index (κ1) is 20.4. The summed E-state index contributed by atoms with van der Waals surface area (Å²) in [5.74, 6) is 1.13. The molecule has 0 bridgehead atoms. The Morgan fingerprint density at radius 3 is 2.73 bits per heavy atom. The summed E-state index contributed by atoms with van der Waals surface area (Å²) in [5.41, 5.74) is 5.92. The van der Waals surface area contributed by atoms with Crippen LogP contribution in [0.4, 0.5) is 0 Å². The summed E-state index contributed by atoms with van der Waals surface area (Å²) >= 11 is 0. The molecule has 1 aromatic heterocycles. The fourth-order valence-electron chi connectivity index (χ4n) is 3.55. The Balaban J connectivity index is 1.87. The topological polar surface area (TPSA) is 110 Å². The van der Waals surface area contributed by atoms with Gasteiger partial charge in [0, 0.05) is 31.0 Å². The monoisotopic (exact) mass is 364 g/mol. The highest BCUT2D eigenvalue weighted by Gasteiger charge is 2.31. The van der Waals surface area contributed by atoms with Crippen LogP contribution in [0.5, 0.6) is 0 Å². The molecule has 0 aromatic carbocycles. The number of aromatic nitrogens is 1. The first-order valence-corrected chi connectivity index (χ1v) is 9.72. The zero-order chi connectivity index (χ0) is 19.1. The Labute approximate surface area is 155 Å². The van der Waals surface area contributed by atoms with Crippen molar-refractivity contribution in [1.82, 2.24) is 15.8 Å². The molecule has 146 valence electrons. The van der Waals surface area contributed by atoms with E-state index in [1.807, 2.05) is 13.8 Å². The van der Waals surface area contributed by atoms with E-state index in [-0.39, 0.29) is 29.8 Å². The predicted molar refractivity (Wildman–Crippen MR) is 99.5 cm³/mol. The van der Waals surface area contributed by atoms with Gasteiger partial charge in [-0.2, -0.15) is 0 Å². The molecular formula is C19H32N4O3. The molecule has 0 radical (unpaired) electrons. The van der Waals surface area contributed by atoms with Crippen molar-refractivity contribution in [2.75, 3.05) is 6.54 Å². The van der Waals surface area contributed by atoms with Crippen LogP contribution in [0.3, 0.4) is 0 Å². The molecule has 0 aliphatic heterocycles. The number of hydrogen-bond acceptors (Lipinski definition) is 5. The van der Waals surface area contributed by atoms with Crippen molar-refractivity contribution in [2.45, 2.75) is 71.4 Å². The van der Waals surface area contributed by atoms with Crippen LogP contribution < -0.4 is 16.4 Å². The van der Waals surface area contributed by atoms with Gasteiger partial charge in [0.05, 0.1) is 0 Å². The van der Waals surface area contributed by atoms with Gasteiger partial charge in [0.25, 0.3) is 5.91 Å². The maximum Gasteiger partial charge on any atom is 0.273 e. The van der Waals surface area contributed by atoms with Gasteiger partial charge in [0.2, 0.25) is 5.91 Å². The van der Waals surface area contributed by atoms with Crippen molar-refractivity contribution >= 4 is 11.8 Å². The lowest BCUT2D eigenvalue weighted by Gasteiger charge is -2.36. The van der Waals surface area contributed by atoms with Crippen molar-refractivity contribution in [3.8, 4) is 0 Å². The summed E-state index contributed by atoms with van der Waals surface area (Å²) < 4.78 is 5.11. The van der Waals surface area contributed by atoms with Gasteiger partial charge in [-0.05, 0) is 37.6 Å². The molecule has 7 nitrogen and oxygen atoms in total. The Morgan fingerprint density at radius 1 is 1.35 bits per heavy atom. The summed E-state index contributed by atoms with van der Waals surface area (Å²) in [6.07, 6.45) is 4.73. The molecule has 1 aliphatic rings. The Morgan fingerprint density at radius 2 is 2.12 bits per heavy atom. The predicted octanol–water partition coefficient (Wildman–Crippen LogP) is 2.02. The molecular weight excluding hydrogens is 332 g/mol. The number of carbonyl (C=O) groups excluding carboxylic acids is 2. The van der Waals surface area contributed by atoms with E-state index >= 15 is 0 Å². The molecule has 1 fully saturated rings. The van der Waals surface area contributed by atoms with E-state index in [0.717, 1.165) is 25.7 Å². The number of nitrogens with one attached hydrogen (secondary N) is 2. The number of aryl methyl sites for hydroxylation is 1. The molecule has 1 aliphatic carbocycles. The minimum atomic E-state index is -0.184. The van der Waals surface area contributed by atoms with Crippen molar-refractivity contribution in [1.29, 1.82) is 0 Å². The Kier molecular flexibility index (Phi) is 7.63. The third-order valence-corrected chi connectivity index (χ3v) is 5.26. The standard InChI is InChI=1S/C19H32N4O3/c1-4-13-9-14(21-18(24)8-12(3)11-20)6-7-16(13)22-19(25)17-10-15(5-2)26-23-17/h10,12-14,16H,4-9,11,20H2,1-3H3,(H,21,24)(H,22,25)/t12-,13+,14-,16-/m0/s1. The smallest absolute Gasteiger partial charge is 0.273 e. The van der Waals surface area contributed by atoms with Crippen LogP contribution in [-0.2, 0) is 11.2 Å². The van der Waals surface area contributed by atoms with E-state index in [2.05, 4.69) is 22.7 Å². The van der Waals surface area contributed by atoms with Gasteiger partial charge >= 0.3 is 0 Å². The fourth-order valence-corrected chi connectivity index (χ4v) is 3.55. The molecule has 0 saturated heterocycles. The van der Waals surface area contributed by atoms with E-state index in [1.54, 1.807) is 6.07 Å². The Bertz CT molecular complexity index is 601. The van der Waals surface area contributed by atoms with Gasteiger partial charge < -0.3 is 20.9 Å². The average molecular weight is 364 g/mol. The minimum Gasteiger partial charge on any atom is -0.361 e. The molecule has 2 amide bonds. The van der Waals surface area contributed by atoms with Crippen LogP contribution in [0.25, 0.3) is 0 Å². The van der Waals surface area contributed by atoms with E-state index in [9.17, 15) is 9.59 Å². The molecule has 4 N–H and O–H groups in total. The lowest BCUT2D eigenvalue weighted by Crippen LogP contribution is -2.49. The zero-order valence-corrected chi connectivity index (χ0v) is 16.1. The van der Waals surface area contributed by atoms with Gasteiger partial charge in [0.15, 0.2) is 5.69 Å². The Hall–Kier alpha value is -1.89.